The van der Waals surface area contributed by atoms with Crippen LogP contribution < -0.4 is 11.1 Å². The Labute approximate surface area is 121 Å². The topological polar surface area (TPSA) is 94.0 Å². The molecule has 2 heterocycles. The van der Waals surface area contributed by atoms with Crippen molar-refractivity contribution in [1.29, 1.82) is 0 Å². The molecule has 21 heavy (non-hydrogen) atoms. The minimum absolute atomic E-state index is 0.258. The standard InChI is InChI=1S/C15H14N4O2/c1-9-6-10(21-19-9)8-17-15(20)14-7-12(16)11-4-2-3-5-13(11)18-14/h2-7H,8H2,1H3,(H2,16,18)(H,17,20). The average Bonchev–Trinajstić information content (AvgIpc) is 2.90. The van der Waals surface area contributed by atoms with Crippen molar-refractivity contribution >= 4 is 22.5 Å². The SMILES string of the molecule is Cc1cc(CNC(=O)c2cc(N)c3ccccc3n2)on1. The predicted molar refractivity (Wildman–Crippen MR) is 78.6 cm³/mol. The molecule has 0 radical (unpaired) electrons. The van der Waals surface area contributed by atoms with Crippen molar-refractivity contribution in [2.24, 2.45) is 0 Å². The van der Waals surface area contributed by atoms with Crippen molar-refractivity contribution in [3.8, 4) is 0 Å². The number of aromatic nitrogens is 2. The van der Waals surface area contributed by atoms with Crippen LogP contribution in [-0.2, 0) is 6.54 Å². The van der Waals surface area contributed by atoms with Crippen molar-refractivity contribution in [3.05, 3.63) is 53.5 Å². The fourth-order valence-corrected chi connectivity index (χ4v) is 2.08. The van der Waals surface area contributed by atoms with Crippen LogP contribution in [0, 0.1) is 6.92 Å². The first kappa shape index (κ1) is 13.1. The Kier molecular flexibility index (Phi) is 3.27. The highest BCUT2D eigenvalue weighted by Crippen LogP contribution is 2.20. The van der Waals surface area contributed by atoms with E-state index in [1.165, 1.54) is 0 Å². The Morgan fingerprint density at radius 1 is 1.33 bits per heavy atom. The van der Waals surface area contributed by atoms with Gasteiger partial charge in [0.25, 0.3) is 5.91 Å². The predicted octanol–water partition coefficient (Wildman–Crippen LogP) is 2.04. The minimum atomic E-state index is -0.304. The number of rotatable bonds is 3. The number of hydrogen-bond acceptors (Lipinski definition) is 5. The van der Waals surface area contributed by atoms with Gasteiger partial charge in [0.15, 0.2) is 5.76 Å². The second-order valence-electron chi connectivity index (χ2n) is 4.73. The maximum Gasteiger partial charge on any atom is 0.270 e. The highest BCUT2D eigenvalue weighted by Gasteiger charge is 2.11. The molecule has 3 rings (SSSR count). The lowest BCUT2D eigenvalue weighted by atomic mass is 10.1. The smallest absolute Gasteiger partial charge is 0.270 e. The highest BCUT2D eigenvalue weighted by atomic mass is 16.5. The largest absolute Gasteiger partial charge is 0.398 e. The molecular formula is C15H14N4O2. The van der Waals surface area contributed by atoms with Crippen molar-refractivity contribution in [2.45, 2.75) is 13.5 Å². The third-order valence-electron chi connectivity index (χ3n) is 3.08. The number of nitrogen functional groups attached to an aromatic ring is 1. The summed E-state index contributed by atoms with van der Waals surface area (Å²) in [5.74, 6) is 0.288. The molecule has 0 spiro atoms. The molecule has 2 aromatic heterocycles. The molecule has 6 heteroatoms. The first-order chi connectivity index (χ1) is 10.1. The lowest BCUT2D eigenvalue weighted by Gasteiger charge is -2.06. The number of fused-ring (bicyclic) bond motifs is 1. The Bertz CT molecular complexity index is 810. The average molecular weight is 282 g/mol. The number of nitrogens with two attached hydrogens (primary N) is 1. The van der Waals surface area contributed by atoms with E-state index in [2.05, 4.69) is 15.5 Å². The van der Waals surface area contributed by atoms with E-state index >= 15 is 0 Å². The Balaban J connectivity index is 1.81. The fourth-order valence-electron chi connectivity index (χ4n) is 2.08. The molecule has 106 valence electrons. The summed E-state index contributed by atoms with van der Waals surface area (Å²) < 4.78 is 5.03. The zero-order valence-electron chi connectivity index (χ0n) is 11.5. The van der Waals surface area contributed by atoms with E-state index < -0.39 is 0 Å². The molecule has 1 amide bonds. The molecule has 0 aliphatic carbocycles. The van der Waals surface area contributed by atoms with Gasteiger partial charge in [0.1, 0.15) is 5.69 Å². The summed E-state index contributed by atoms with van der Waals surface area (Å²) in [5, 5.41) is 7.32. The van der Waals surface area contributed by atoms with Gasteiger partial charge in [0.05, 0.1) is 17.8 Å². The molecule has 0 unspecified atom stereocenters. The van der Waals surface area contributed by atoms with Gasteiger partial charge in [-0.05, 0) is 19.1 Å². The van der Waals surface area contributed by atoms with Gasteiger partial charge in [-0.3, -0.25) is 4.79 Å². The summed E-state index contributed by atoms with van der Waals surface area (Å²) in [6.45, 7) is 2.08. The van der Waals surface area contributed by atoms with Gasteiger partial charge < -0.3 is 15.6 Å². The molecule has 0 fully saturated rings. The van der Waals surface area contributed by atoms with Gasteiger partial charge in [-0.1, -0.05) is 23.4 Å². The number of nitrogens with zero attached hydrogens (tertiary/aromatic N) is 2. The first-order valence-corrected chi connectivity index (χ1v) is 6.49. The number of benzene rings is 1. The van der Waals surface area contributed by atoms with E-state index in [1.807, 2.05) is 31.2 Å². The lowest BCUT2D eigenvalue weighted by Crippen LogP contribution is -2.23. The van der Waals surface area contributed by atoms with E-state index in [4.69, 9.17) is 10.3 Å². The van der Waals surface area contributed by atoms with Gasteiger partial charge in [-0.15, -0.1) is 0 Å². The van der Waals surface area contributed by atoms with Crippen molar-refractivity contribution in [2.75, 3.05) is 5.73 Å². The van der Waals surface area contributed by atoms with E-state index in [1.54, 1.807) is 12.1 Å². The number of carbonyl (C=O) groups excluding carboxylic acids is 1. The summed E-state index contributed by atoms with van der Waals surface area (Å²) >= 11 is 0. The van der Waals surface area contributed by atoms with E-state index in [9.17, 15) is 4.79 Å². The normalized spacial score (nSPS) is 10.7. The second kappa shape index (κ2) is 5.24. The Morgan fingerprint density at radius 3 is 2.90 bits per heavy atom. The van der Waals surface area contributed by atoms with E-state index in [0.29, 0.717) is 17.0 Å². The van der Waals surface area contributed by atoms with Crippen LogP contribution >= 0.6 is 0 Å². The number of aryl methyl sites for hydroxylation is 1. The fraction of sp³-hybridized carbons (Fsp3) is 0.133. The van der Waals surface area contributed by atoms with Crippen LogP contribution in [0.25, 0.3) is 10.9 Å². The van der Waals surface area contributed by atoms with Gasteiger partial charge in [0, 0.05) is 17.1 Å². The number of para-hydroxylation sites is 1. The molecule has 0 saturated carbocycles. The maximum absolute atomic E-state index is 12.1. The third-order valence-corrected chi connectivity index (χ3v) is 3.08. The zero-order chi connectivity index (χ0) is 14.8. The zero-order valence-corrected chi connectivity index (χ0v) is 11.5. The summed E-state index contributed by atoms with van der Waals surface area (Å²) in [5.41, 5.74) is 8.23. The molecule has 0 atom stereocenters. The summed E-state index contributed by atoms with van der Waals surface area (Å²) in [6, 6.07) is 10.8. The molecule has 0 saturated heterocycles. The second-order valence-corrected chi connectivity index (χ2v) is 4.73. The Hall–Kier alpha value is -2.89. The lowest BCUT2D eigenvalue weighted by molar-refractivity contribution is 0.0942. The molecule has 0 bridgehead atoms. The molecule has 6 nitrogen and oxygen atoms in total. The summed E-state index contributed by atoms with van der Waals surface area (Å²) in [6.07, 6.45) is 0. The number of anilines is 1. The number of carbonyl (C=O) groups is 1. The van der Waals surface area contributed by atoms with Crippen LogP contribution in [0.3, 0.4) is 0 Å². The molecule has 0 aliphatic heterocycles. The molecule has 3 aromatic rings. The number of amides is 1. The molecule has 1 aromatic carbocycles. The van der Waals surface area contributed by atoms with Crippen LogP contribution in [0.15, 0.2) is 40.9 Å². The molecule has 3 N–H and O–H groups in total. The van der Waals surface area contributed by atoms with Crippen LogP contribution in [0.1, 0.15) is 21.9 Å². The van der Waals surface area contributed by atoms with Crippen LogP contribution in [0.4, 0.5) is 5.69 Å². The molecular weight excluding hydrogens is 268 g/mol. The van der Waals surface area contributed by atoms with Crippen molar-refractivity contribution in [3.63, 3.8) is 0 Å². The van der Waals surface area contributed by atoms with Gasteiger partial charge >= 0.3 is 0 Å². The summed E-state index contributed by atoms with van der Waals surface area (Å²) in [7, 11) is 0. The third kappa shape index (κ3) is 2.69. The van der Waals surface area contributed by atoms with E-state index in [-0.39, 0.29) is 18.1 Å². The first-order valence-electron chi connectivity index (χ1n) is 6.49. The molecule has 0 aliphatic rings. The monoisotopic (exact) mass is 282 g/mol. The number of hydrogen-bond donors (Lipinski definition) is 2. The van der Waals surface area contributed by atoms with Crippen molar-refractivity contribution in [1.82, 2.24) is 15.5 Å². The quantitative estimate of drug-likeness (QED) is 0.766. The number of pyridine rings is 1. The Morgan fingerprint density at radius 2 is 2.14 bits per heavy atom. The van der Waals surface area contributed by atoms with Gasteiger partial charge in [0.2, 0.25) is 0 Å². The maximum atomic E-state index is 12.1. The van der Waals surface area contributed by atoms with Crippen molar-refractivity contribution < 1.29 is 9.32 Å². The highest BCUT2D eigenvalue weighted by molar-refractivity contribution is 5.99. The van der Waals surface area contributed by atoms with Gasteiger partial charge in [-0.2, -0.15) is 0 Å². The van der Waals surface area contributed by atoms with Gasteiger partial charge in [-0.25, -0.2) is 4.98 Å². The van der Waals surface area contributed by atoms with Crippen LogP contribution in [-0.4, -0.2) is 16.0 Å². The minimum Gasteiger partial charge on any atom is -0.398 e. The van der Waals surface area contributed by atoms with E-state index in [0.717, 1.165) is 11.1 Å². The van der Waals surface area contributed by atoms with Crippen LogP contribution in [0.2, 0.25) is 0 Å². The number of nitrogens with one attached hydrogen (secondary N) is 1. The summed E-state index contributed by atoms with van der Waals surface area (Å²) in [4.78, 5) is 16.4. The van der Waals surface area contributed by atoms with Crippen LogP contribution in [0.5, 0.6) is 0 Å².